The number of imide groups is 1. The maximum atomic E-state index is 13.2. The highest BCUT2D eigenvalue weighted by molar-refractivity contribution is 6.06. The van der Waals surface area contributed by atoms with E-state index in [4.69, 9.17) is 4.74 Å². The average Bonchev–Trinajstić information content (AvgIpc) is 2.83. The fourth-order valence-electron chi connectivity index (χ4n) is 4.66. The predicted octanol–water partition coefficient (Wildman–Crippen LogP) is 3.81. The van der Waals surface area contributed by atoms with Crippen molar-refractivity contribution in [3.63, 3.8) is 0 Å². The third-order valence-corrected chi connectivity index (χ3v) is 5.96. The van der Waals surface area contributed by atoms with Crippen molar-refractivity contribution < 1.29 is 19.1 Å². The van der Waals surface area contributed by atoms with E-state index in [0.29, 0.717) is 18.9 Å². The van der Waals surface area contributed by atoms with Gasteiger partial charge in [-0.05, 0) is 77.1 Å². The number of fused-ring (bicyclic) bond motifs is 1. The third kappa shape index (κ3) is 4.02. The number of benzene rings is 1. The van der Waals surface area contributed by atoms with E-state index in [1.54, 1.807) is 13.8 Å². The minimum Gasteiger partial charge on any atom is -0.494 e. The molecular weight excluding hydrogens is 382 g/mol. The van der Waals surface area contributed by atoms with Crippen molar-refractivity contribution in [2.45, 2.75) is 77.8 Å². The largest absolute Gasteiger partial charge is 0.494 e. The SMILES string of the molecule is CCOc1ccc2c(c1)C(C)CC(C)(C)N2C(=O)CCCN1C(=O)NC(C)(C)C1=O. The van der Waals surface area contributed by atoms with E-state index in [1.165, 1.54) is 4.90 Å². The van der Waals surface area contributed by atoms with Gasteiger partial charge in [-0.15, -0.1) is 0 Å². The van der Waals surface area contributed by atoms with Crippen molar-refractivity contribution in [3.8, 4) is 5.75 Å². The number of ether oxygens (including phenoxy) is 1. The lowest BCUT2D eigenvalue weighted by molar-refractivity contribution is -0.130. The van der Waals surface area contributed by atoms with Gasteiger partial charge in [-0.2, -0.15) is 0 Å². The molecule has 0 saturated carbocycles. The first-order chi connectivity index (χ1) is 14.0. The molecule has 164 valence electrons. The first-order valence-electron chi connectivity index (χ1n) is 10.7. The van der Waals surface area contributed by atoms with Gasteiger partial charge in [0, 0.05) is 24.2 Å². The highest BCUT2D eigenvalue weighted by Crippen LogP contribution is 2.45. The quantitative estimate of drug-likeness (QED) is 0.717. The van der Waals surface area contributed by atoms with E-state index in [-0.39, 0.29) is 30.3 Å². The highest BCUT2D eigenvalue weighted by atomic mass is 16.5. The Labute approximate surface area is 178 Å². The molecule has 2 heterocycles. The van der Waals surface area contributed by atoms with Crippen LogP contribution in [0.2, 0.25) is 0 Å². The molecule has 0 bridgehead atoms. The highest BCUT2D eigenvalue weighted by Gasteiger charge is 2.44. The summed E-state index contributed by atoms with van der Waals surface area (Å²) in [4.78, 5) is 40.7. The second-order valence-electron chi connectivity index (χ2n) is 9.42. The lowest BCUT2D eigenvalue weighted by Gasteiger charge is -2.46. The van der Waals surface area contributed by atoms with Crippen molar-refractivity contribution in [1.82, 2.24) is 10.2 Å². The van der Waals surface area contributed by atoms with Crippen molar-refractivity contribution in [2.75, 3.05) is 18.1 Å². The van der Waals surface area contributed by atoms with Gasteiger partial charge in [0.15, 0.2) is 0 Å². The van der Waals surface area contributed by atoms with Crippen molar-refractivity contribution in [3.05, 3.63) is 23.8 Å². The van der Waals surface area contributed by atoms with E-state index in [1.807, 2.05) is 30.0 Å². The zero-order valence-electron chi connectivity index (χ0n) is 18.9. The van der Waals surface area contributed by atoms with Gasteiger partial charge >= 0.3 is 6.03 Å². The van der Waals surface area contributed by atoms with Crippen LogP contribution in [0.4, 0.5) is 10.5 Å². The fourth-order valence-corrected chi connectivity index (χ4v) is 4.66. The van der Waals surface area contributed by atoms with Gasteiger partial charge in [0.2, 0.25) is 5.91 Å². The standard InChI is InChI=1S/C23H33N3O4/c1-7-30-16-10-11-18-17(13-16)15(2)14-22(3,4)26(18)19(27)9-8-12-25-20(28)23(5,6)24-21(25)29/h10-11,13,15H,7-9,12,14H2,1-6H3,(H,24,29). The molecule has 1 fully saturated rings. The van der Waals surface area contributed by atoms with Gasteiger partial charge in [0.05, 0.1) is 6.61 Å². The van der Waals surface area contributed by atoms with Crippen molar-refractivity contribution in [1.29, 1.82) is 0 Å². The Balaban J connectivity index is 1.74. The maximum Gasteiger partial charge on any atom is 0.325 e. The molecule has 1 atom stereocenters. The minimum atomic E-state index is -0.886. The Morgan fingerprint density at radius 3 is 2.53 bits per heavy atom. The number of carbonyl (C=O) groups excluding carboxylic acids is 3. The molecule has 0 aliphatic carbocycles. The van der Waals surface area contributed by atoms with E-state index >= 15 is 0 Å². The minimum absolute atomic E-state index is 0.00336. The fraction of sp³-hybridized carbons (Fsp3) is 0.609. The molecule has 4 amide bonds. The lowest BCUT2D eigenvalue weighted by atomic mass is 9.79. The Hall–Kier alpha value is -2.57. The van der Waals surface area contributed by atoms with Crippen LogP contribution in [-0.4, -0.2) is 47.0 Å². The predicted molar refractivity (Wildman–Crippen MR) is 116 cm³/mol. The summed E-state index contributed by atoms with van der Waals surface area (Å²) < 4.78 is 5.65. The molecule has 7 nitrogen and oxygen atoms in total. The Morgan fingerprint density at radius 2 is 1.93 bits per heavy atom. The van der Waals surface area contributed by atoms with Gasteiger partial charge in [-0.25, -0.2) is 4.79 Å². The number of nitrogens with one attached hydrogen (secondary N) is 1. The molecule has 0 aromatic heterocycles. The summed E-state index contributed by atoms with van der Waals surface area (Å²) in [6, 6.07) is 5.52. The summed E-state index contributed by atoms with van der Waals surface area (Å²) in [7, 11) is 0. The molecule has 2 aliphatic heterocycles. The van der Waals surface area contributed by atoms with Crippen LogP contribution in [0, 0.1) is 0 Å². The second-order valence-corrected chi connectivity index (χ2v) is 9.42. The molecule has 30 heavy (non-hydrogen) atoms. The van der Waals surface area contributed by atoms with Crippen LogP contribution in [-0.2, 0) is 9.59 Å². The van der Waals surface area contributed by atoms with Crippen LogP contribution in [0.3, 0.4) is 0 Å². The van der Waals surface area contributed by atoms with Crippen LogP contribution in [0.5, 0.6) is 5.75 Å². The third-order valence-electron chi connectivity index (χ3n) is 5.96. The molecule has 1 aromatic rings. The average molecular weight is 416 g/mol. The molecule has 1 aromatic carbocycles. The van der Waals surface area contributed by atoms with Crippen LogP contribution in [0.25, 0.3) is 0 Å². The van der Waals surface area contributed by atoms with E-state index < -0.39 is 11.6 Å². The zero-order chi connectivity index (χ0) is 22.3. The van der Waals surface area contributed by atoms with E-state index in [9.17, 15) is 14.4 Å². The molecule has 0 radical (unpaired) electrons. The Bertz CT molecular complexity index is 862. The van der Waals surface area contributed by atoms with Crippen molar-refractivity contribution in [2.24, 2.45) is 0 Å². The number of hydrogen-bond donors (Lipinski definition) is 1. The van der Waals surface area contributed by atoms with Crippen LogP contribution in [0.1, 0.15) is 72.3 Å². The number of rotatable bonds is 6. The van der Waals surface area contributed by atoms with E-state index in [2.05, 4.69) is 26.1 Å². The molecule has 0 spiro atoms. The van der Waals surface area contributed by atoms with Crippen LogP contribution >= 0.6 is 0 Å². The van der Waals surface area contributed by atoms with Crippen LogP contribution < -0.4 is 15.0 Å². The molecular formula is C23H33N3O4. The number of anilines is 1. The van der Waals surface area contributed by atoms with Gasteiger partial charge in [-0.3, -0.25) is 14.5 Å². The topological polar surface area (TPSA) is 79.0 Å². The summed E-state index contributed by atoms with van der Waals surface area (Å²) in [5.74, 6) is 0.883. The van der Waals surface area contributed by atoms with Gasteiger partial charge in [0.25, 0.3) is 5.91 Å². The van der Waals surface area contributed by atoms with Crippen molar-refractivity contribution >= 4 is 23.5 Å². The second kappa shape index (κ2) is 7.93. The first-order valence-corrected chi connectivity index (χ1v) is 10.7. The summed E-state index contributed by atoms with van der Waals surface area (Å²) in [6.45, 7) is 12.5. The molecule has 1 unspecified atom stereocenters. The summed E-state index contributed by atoms with van der Waals surface area (Å²) >= 11 is 0. The first kappa shape index (κ1) is 22.1. The molecule has 3 rings (SSSR count). The molecule has 7 heteroatoms. The Kier molecular flexibility index (Phi) is 5.85. The summed E-state index contributed by atoms with van der Waals surface area (Å²) in [6.07, 6.45) is 1.55. The van der Waals surface area contributed by atoms with E-state index in [0.717, 1.165) is 23.4 Å². The smallest absolute Gasteiger partial charge is 0.325 e. The number of carbonyl (C=O) groups is 3. The zero-order valence-corrected chi connectivity index (χ0v) is 18.9. The molecule has 1 N–H and O–H groups in total. The van der Waals surface area contributed by atoms with Gasteiger partial charge in [-0.1, -0.05) is 6.92 Å². The number of urea groups is 1. The summed E-state index contributed by atoms with van der Waals surface area (Å²) in [5.41, 5.74) is 0.829. The van der Waals surface area contributed by atoms with Crippen LogP contribution in [0.15, 0.2) is 18.2 Å². The number of hydrogen-bond acceptors (Lipinski definition) is 4. The number of amides is 4. The normalized spacial score (nSPS) is 22.0. The summed E-state index contributed by atoms with van der Waals surface area (Å²) in [5, 5.41) is 2.67. The molecule has 1 saturated heterocycles. The Morgan fingerprint density at radius 1 is 1.23 bits per heavy atom. The van der Waals surface area contributed by atoms with Gasteiger partial charge in [0.1, 0.15) is 11.3 Å². The maximum absolute atomic E-state index is 13.2. The lowest BCUT2D eigenvalue weighted by Crippen LogP contribution is -2.51. The molecule has 2 aliphatic rings. The van der Waals surface area contributed by atoms with Gasteiger partial charge < -0.3 is 15.0 Å². The monoisotopic (exact) mass is 415 g/mol. The number of nitrogens with zero attached hydrogens (tertiary/aromatic N) is 2.